The van der Waals surface area contributed by atoms with Gasteiger partial charge in [-0.3, -0.25) is 19.7 Å². The molecule has 33 heavy (non-hydrogen) atoms. The molecule has 0 unspecified atom stereocenters. The van der Waals surface area contributed by atoms with E-state index in [4.69, 9.17) is 0 Å². The number of hydrazone groups is 1. The predicted molar refractivity (Wildman–Crippen MR) is 123 cm³/mol. The number of nitro groups is 1. The third-order valence-corrected chi connectivity index (χ3v) is 4.53. The molecule has 0 aliphatic carbocycles. The van der Waals surface area contributed by atoms with Crippen molar-refractivity contribution in [3.8, 4) is 5.75 Å². The van der Waals surface area contributed by atoms with E-state index in [1.807, 2.05) is 0 Å². The number of carbonyl (C=O) groups excluding carboxylic acids is 2. The van der Waals surface area contributed by atoms with Crippen molar-refractivity contribution in [2.24, 2.45) is 5.10 Å². The maximum absolute atomic E-state index is 12.8. The van der Waals surface area contributed by atoms with Crippen LogP contribution in [0.3, 0.4) is 0 Å². The van der Waals surface area contributed by atoms with Crippen LogP contribution in [-0.4, -0.2) is 27.6 Å². The van der Waals surface area contributed by atoms with E-state index in [1.54, 1.807) is 55.5 Å². The largest absolute Gasteiger partial charge is 0.508 e. The second-order valence-electron chi connectivity index (χ2n) is 6.92. The minimum absolute atomic E-state index is 0.0985. The Kier molecular flexibility index (Phi) is 7.28. The monoisotopic (exact) mass is 444 g/mol. The summed E-state index contributed by atoms with van der Waals surface area (Å²) in [5.74, 6) is -1.15. The van der Waals surface area contributed by atoms with Crippen LogP contribution >= 0.6 is 0 Å². The van der Waals surface area contributed by atoms with Gasteiger partial charge in [-0.15, -0.1) is 0 Å². The standard InChI is InChI=1S/C24H20N4O5/c1-16(18-10-12-21(29)13-11-18)26-27-24(31)22(25-23(30)19-7-3-2-4-8-19)15-17-6-5-9-20(14-17)28(32)33/h2-15,29H,1H3,(H,25,30)(H,27,31). The first kappa shape index (κ1) is 22.9. The molecule has 0 atom stereocenters. The first-order valence-corrected chi connectivity index (χ1v) is 9.80. The normalized spacial score (nSPS) is 11.5. The van der Waals surface area contributed by atoms with Gasteiger partial charge in [-0.2, -0.15) is 5.10 Å². The number of nitro benzene ring substituents is 1. The molecule has 166 valence electrons. The fraction of sp³-hybridized carbons (Fsp3) is 0.0417. The number of aromatic hydroxyl groups is 1. The maximum atomic E-state index is 12.8. The lowest BCUT2D eigenvalue weighted by atomic mass is 10.1. The molecule has 0 bridgehead atoms. The second-order valence-corrected chi connectivity index (χ2v) is 6.92. The van der Waals surface area contributed by atoms with Crippen LogP contribution in [0.2, 0.25) is 0 Å². The summed E-state index contributed by atoms with van der Waals surface area (Å²) < 4.78 is 0. The molecule has 3 aromatic rings. The molecule has 0 spiro atoms. The number of non-ortho nitro benzene ring substituents is 1. The van der Waals surface area contributed by atoms with E-state index in [9.17, 15) is 24.8 Å². The fourth-order valence-electron chi connectivity index (χ4n) is 2.80. The average Bonchev–Trinajstić information content (AvgIpc) is 2.83. The number of nitrogens with one attached hydrogen (secondary N) is 2. The smallest absolute Gasteiger partial charge is 0.287 e. The Labute approximate surface area is 189 Å². The van der Waals surface area contributed by atoms with E-state index in [0.717, 1.165) is 0 Å². The SMILES string of the molecule is CC(=NNC(=O)C(=Cc1cccc([N+](=O)[O-])c1)NC(=O)c1ccccc1)c1ccc(O)cc1. The Bertz CT molecular complexity index is 1240. The zero-order valence-electron chi connectivity index (χ0n) is 17.6. The van der Waals surface area contributed by atoms with Crippen LogP contribution in [0.25, 0.3) is 6.08 Å². The van der Waals surface area contributed by atoms with Gasteiger partial charge in [0, 0.05) is 17.7 Å². The number of hydrogen-bond acceptors (Lipinski definition) is 6. The molecule has 9 nitrogen and oxygen atoms in total. The van der Waals surface area contributed by atoms with Gasteiger partial charge >= 0.3 is 0 Å². The quantitative estimate of drug-likeness (QED) is 0.221. The van der Waals surface area contributed by atoms with Crippen LogP contribution < -0.4 is 10.7 Å². The minimum Gasteiger partial charge on any atom is -0.508 e. The predicted octanol–water partition coefficient (Wildman–Crippen LogP) is 3.61. The highest BCUT2D eigenvalue weighted by Gasteiger charge is 2.15. The van der Waals surface area contributed by atoms with Crippen LogP contribution in [0.15, 0.2) is 89.7 Å². The maximum Gasteiger partial charge on any atom is 0.287 e. The summed E-state index contributed by atoms with van der Waals surface area (Å²) in [6, 6.07) is 20.2. The van der Waals surface area contributed by atoms with Crippen LogP contribution in [-0.2, 0) is 4.79 Å². The Hall–Kier alpha value is -4.79. The van der Waals surface area contributed by atoms with Gasteiger partial charge in [0.05, 0.1) is 10.6 Å². The zero-order chi connectivity index (χ0) is 23.8. The first-order chi connectivity index (χ1) is 15.8. The number of benzene rings is 3. The lowest BCUT2D eigenvalue weighted by molar-refractivity contribution is -0.384. The van der Waals surface area contributed by atoms with Crippen molar-refractivity contribution < 1.29 is 19.6 Å². The van der Waals surface area contributed by atoms with Gasteiger partial charge in [0.2, 0.25) is 0 Å². The van der Waals surface area contributed by atoms with E-state index in [0.29, 0.717) is 22.4 Å². The Balaban J connectivity index is 1.88. The van der Waals surface area contributed by atoms with E-state index < -0.39 is 16.7 Å². The zero-order valence-corrected chi connectivity index (χ0v) is 17.6. The molecule has 0 saturated heterocycles. The Morgan fingerprint density at radius 1 is 0.970 bits per heavy atom. The topological polar surface area (TPSA) is 134 Å². The van der Waals surface area contributed by atoms with Gasteiger partial charge in [-0.05, 0) is 60.5 Å². The first-order valence-electron chi connectivity index (χ1n) is 9.80. The highest BCUT2D eigenvalue weighted by Crippen LogP contribution is 2.16. The summed E-state index contributed by atoms with van der Waals surface area (Å²) in [6.07, 6.45) is 1.33. The van der Waals surface area contributed by atoms with Crippen molar-refractivity contribution in [2.45, 2.75) is 6.92 Å². The summed E-state index contributed by atoms with van der Waals surface area (Å²) in [7, 11) is 0. The van der Waals surface area contributed by atoms with Crippen molar-refractivity contribution in [1.82, 2.24) is 10.7 Å². The Morgan fingerprint density at radius 2 is 1.67 bits per heavy atom. The highest BCUT2D eigenvalue weighted by molar-refractivity contribution is 6.06. The third-order valence-electron chi connectivity index (χ3n) is 4.53. The van der Waals surface area contributed by atoms with Crippen molar-refractivity contribution >= 4 is 29.3 Å². The molecule has 0 fully saturated rings. The lowest BCUT2D eigenvalue weighted by Crippen LogP contribution is -2.33. The number of phenolic OH excluding ortho intramolecular Hbond substituents is 1. The van der Waals surface area contributed by atoms with Crippen LogP contribution in [0.1, 0.15) is 28.4 Å². The molecule has 0 aliphatic rings. The highest BCUT2D eigenvalue weighted by atomic mass is 16.6. The van der Waals surface area contributed by atoms with Gasteiger partial charge in [-0.25, -0.2) is 5.43 Å². The third kappa shape index (κ3) is 6.34. The molecular formula is C24H20N4O5. The number of nitrogens with zero attached hydrogens (tertiary/aromatic N) is 2. The van der Waals surface area contributed by atoms with Gasteiger partial charge in [-0.1, -0.05) is 30.3 Å². The number of amides is 2. The van der Waals surface area contributed by atoms with E-state index in [1.165, 1.54) is 36.4 Å². The molecule has 2 amide bonds. The van der Waals surface area contributed by atoms with E-state index >= 15 is 0 Å². The molecule has 0 radical (unpaired) electrons. The molecule has 0 heterocycles. The molecule has 9 heteroatoms. The average molecular weight is 444 g/mol. The summed E-state index contributed by atoms with van der Waals surface area (Å²) in [5.41, 5.74) is 3.90. The van der Waals surface area contributed by atoms with Gasteiger partial charge in [0.25, 0.3) is 17.5 Å². The second kappa shape index (κ2) is 10.5. The molecule has 3 N–H and O–H groups in total. The summed E-state index contributed by atoms with van der Waals surface area (Å²) in [5, 5.41) is 27.1. The summed E-state index contributed by atoms with van der Waals surface area (Å²) in [4.78, 5) is 36.0. The summed E-state index contributed by atoms with van der Waals surface area (Å²) in [6.45, 7) is 1.67. The number of carbonyl (C=O) groups is 2. The van der Waals surface area contributed by atoms with Gasteiger partial charge in [0.1, 0.15) is 11.4 Å². The molecule has 0 aromatic heterocycles. The lowest BCUT2D eigenvalue weighted by Gasteiger charge is -2.10. The van der Waals surface area contributed by atoms with E-state index in [2.05, 4.69) is 15.8 Å². The molecule has 3 aromatic carbocycles. The minimum atomic E-state index is -0.719. The van der Waals surface area contributed by atoms with Gasteiger partial charge in [0.15, 0.2) is 0 Å². The number of rotatable bonds is 7. The van der Waals surface area contributed by atoms with Crippen molar-refractivity contribution in [1.29, 1.82) is 0 Å². The van der Waals surface area contributed by atoms with Gasteiger partial charge < -0.3 is 10.4 Å². The number of phenols is 1. The van der Waals surface area contributed by atoms with Crippen LogP contribution in [0, 0.1) is 10.1 Å². The molecule has 3 rings (SSSR count). The fourth-order valence-corrected chi connectivity index (χ4v) is 2.80. The van der Waals surface area contributed by atoms with Crippen molar-refractivity contribution in [2.75, 3.05) is 0 Å². The van der Waals surface area contributed by atoms with E-state index in [-0.39, 0.29) is 17.1 Å². The Morgan fingerprint density at radius 3 is 2.33 bits per heavy atom. The summed E-state index contributed by atoms with van der Waals surface area (Å²) >= 11 is 0. The molecule has 0 saturated carbocycles. The molecular weight excluding hydrogens is 424 g/mol. The van der Waals surface area contributed by atoms with Crippen molar-refractivity contribution in [3.05, 3.63) is 111 Å². The molecule has 0 aliphatic heterocycles. The van der Waals surface area contributed by atoms with Crippen LogP contribution in [0.5, 0.6) is 5.75 Å². The number of hydrogen-bond donors (Lipinski definition) is 3. The van der Waals surface area contributed by atoms with Crippen LogP contribution in [0.4, 0.5) is 5.69 Å². The van der Waals surface area contributed by atoms with Crippen molar-refractivity contribution in [3.63, 3.8) is 0 Å².